The summed E-state index contributed by atoms with van der Waals surface area (Å²) in [6.45, 7) is 2.39. The van der Waals surface area contributed by atoms with Gasteiger partial charge in [0.05, 0.1) is 19.9 Å². The summed E-state index contributed by atoms with van der Waals surface area (Å²) in [6.07, 6.45) is 0. The number of rotatable bonds is 3. The fraction of sp³-hybridized carbons (Fsp3) is 0.154. The Labute approximate surface area is 132 Å². The highest BCUT2D eigenvalue weighted by Crippen LogP contribution is 2.40. The van der Waals surface area contributed by atoms with Gasteiger partial charge in [-0.05, 0) is 18.4 Å². The van der Waals surface area contributed by atoms with E-state index in [1.165, 1.54) is 11.3 Å². The van der Waals surface area contributed by atoms with E-state index in [0.717, 1.165) is 36.1 Å². The van der Waals surface area contributed by atoms with Crippen LogP contribution in [0.1, 0.15) is 10.0 Å². The Morgan fingerprint density at radius 2 is 2.19 bits per heavy atom. The second-order valence-electron chi connectivity index (χ2n) is 4.39. The van der Waals surface area contributed by atoms with Crippen molar-refractivity contribution < 1.29 is 4.74 Å². The Bertz CT molecular complexity index is 940. The van der Waals surface area contributed by atoms with E-state index in [1.54, 1.807) is 22.7 Å². The summed E-state index contributed by atoms with van der Waals surface area (Å²) < 4.78 is 8.20. The number of aryl methyl sites for hydroxylation is 1. The lowest BCUT2D eigenvalue weighted by atomic mass is 10.2. The van der Waals surface area contributed by atoms with Crippen LogP contribution in [0, 0.1) is 6.92 Å². The Balaban J connectivity index is 1.87. The van der Waals surface area contributed by atoms with Crippen LogP contribution in [0.4, 0.5) is 0 Å². The van der Waals surface area contributed by atoms with Gasteiger partial charge in [-0.1, -0.05) is 16.4 Å². The van der Waals surface area contributed by atoms with Crippen LogP contribution in [0.2, 0.25) is 0 Å². The van der Waals surface area contributed by atoms with Gasteiger partial charge in [0.2, 0.25) is 0 Å². The van der Waals surface area contributed by atoms with Crippen molar-refractivity contribution in [1.82, 2.24) is 15.2 Å². The third kappa shape index (κ3) is 2.20. The predicted molar refractivity (Wildman–Crippen MR) is 87.6 cm³/mol. The zero-order valence-corrected chi connectivity index (χ0v) is 13.4. The van der Waals surface area contributed by atoms with E-state index in [1.807, 2.05) is 19.1 Å². The van der Waals surface area contributed by atoms with Crippen LogP contribution < -0.4 is 10.5 Å². The molecule has 3 heterocycles. The molecule has 0 saturated heterocycles. The molecular formula is C13H10N4OS3. The molecular weight excluding hydrogens is 324 g/mol. The van der Waals surface area contributed by atoms with Gasteiger partial charge in [0, 0.05) is 18.0 Å². The second kappa shape index (κ2) is 4.99. The molecule has 0 aliphatic rings. The molecule has 1 aromatic carbocycles. The van der Waals surface area contributed by atoms with Gasteiger partial charge in [0.25, 0.3) is 5.19 Å². The molecule has 0 saturated carbocycles. The lowest BCUT2D eigenvalue weighted by Crippen LogP contribution is -1.94. The van der Waals surface area contributed by atoms with Crippen molar-refractivity contribution in [3.8, 4) is 10.9 Å². The van der Waals surface area contributed by atoms with Crippen molar-refractivity contribution in [2.45, 2.75) is 13.5 Å². The van der Waals surface area contributed by atoms with E-state index < -0.39 is 0 Å². The first-order valence-electron chi connectivity index (χ1n) is 6.22. The highest BCUT2D eigenvalue weighted by atomic mass is 32.1. The molecule has 0 unspecified atom stereocenters. The topological polar surface area (TPSA) is 73.9 Å². The van der Waals surface area contributed by atoms with E-state index in [-0.39, 0.29) is 0 Å². The lowest BCUT2D eigenvalue weighted by Gasteiger charge is -2.03. The molecule has 2 N–H and O–H groups in total. The van der Waals surface area contributed by atoms with E-state index in [2.05, 4.69) is 20.6 Å². The van der Waals surface area contributed by atoms with Crippen molar-refractivity contribution >= 4 is 54.3 Å². The molecule has 21 heavy (non-hydrogen) atoms. The highest BCUT2D eigenvalue weighted by molar-refractivity contribution is 7.21. The first kappa shape index (κ1) is 13.1. The molecule has 3 aromatic heterocycles. The molecule has 4 aromatic rings. The quantitative estimate of drug-likeness (QED) is 0.614. The molecule has 0 bridgehead atoms. The normalized spacial score (nSPS) is 11.5. The van der Waals surface area contributed by atoms with Crippen LogP contribution in [0.15, 0.2) is 17.5 Å². The number of aromatic nitrogens is 3. The number of hydrogen-bond acceptors (Lipinski definition) is 8. The Kier molecular flexibility index (Phi) is 3.11. The first-order valence-corrected chi connectivity index (χ1v) is 8.73. The van der Waals surface area contributed by atoms with E-state index >= 15 is 0 Å². The van der Waals surface area contributed by atoms with Gasteiger partial charge in [-0.3, -0.25) is 0 Å². The summed E-state index contributed by atoms with van der Waals surface area (Å²) >= 11 is 4.72. The minimum atomic E-state index is 0.377. The second-order valence-corrected chi connectivity index (χ2v) is 7.56. The van der Waals surface area contributed by atoms with Crippen LogP contribution in [0.25, 0.3) is 20.3 Å². The summed E-state index contributed by atoms with van der Waals surface area (Å²) in [7, 11) is 0. The van der Waals surface area contributed by atoms with E-state index in [0.29, 0.717) is 11.7 Å². The molecule has 0 fully saturated rings. The number of nitrogens with two attached hydrogens (primary N) is 1. The summed E-state index contributed by atoms with van der Waals surface area (Å²) in [5, 5.41) is 13.4. The van der Waals surface area contributed by atoms with Gasteiger partial charge in [-0.2, -0.15) is 0 Å². The third-order valence-electron chi connectivity index (χ3n) is 2.99. The van der Waals surface area contributed by atoms with Gasteiger partial charge < -0.3 is 10.5 Å². The molecule has 0 aliphatic carbocycles. The van der Waals surface area contributed by atoms with Crippen LogP contribution in [-0.2, 0) is 6.54 Å². The molecule has 0 aliphatic heterocycles. The zero-order chi connectivity index (χ0) is 14.4. The number of hydrogen-bond donors (Lipinski definition) is 1. The van der Waals surface area contributed by atoms with E-state index in [9.17, 15) is 0 Å². The lowest BCUT2D eigenvalue weighted by molar-refractivity contribution is 0.479. The summed E-state index contributed by atoms with van der Waals surface area (Å²) in [4.78, 5) is 4.61. The number of ether oxygens (including phenoxy) is 1. The molecule has 8 heteroatoms. The Morgan fingerprint density at radius 3 is 3.00 bits per heavy atom. The fourth-order valence-electron chi connectivity index (χ4n) is 2.13. The average Bonchev–Trinajstić information content (AvgIpc) is 3.16. The van der Waals surface area contributed by atoms with Gasteiger partial charge in [-0.25, -0.2) is 4.98 Å². The smallest absolute Gasteiger partial charge is 0.299 e. The number of thiophene rings is 1. The van der Waals surface area contributed by atoms with E-state index in [4.69, 9.17) is 10.5 Å². The van der Waals surface area contributed by atoms with Crippen LogP contribution in [0.3, 0.4) is 0 Å². The maximum absolute atomic E-state index is 5.92. The number of thiazole rings is 1. The maximum atomic E-state index is 5.92. The molecule has 0 atom stereocenters. The van der Waals surface area contributed by atoms with Gasteiger partial charge >= 0.3 is 0 Å². The molecule has 0 radical (unpaired) electrons. The number of benzene rings is 1. The first-order chi connectivity index (χ1) is 10.2. The summed E-state index contributed by atoms with van der Waals surface area (Å²) in [5.74, 6) is 0.794. The SMILES string of the molecule is Cc1nc2c(cc(Oc3nnc(CN)s3)c3ccsc32)s1. The van der Waals surface area contributed by atoms with Crippen molar-refractivity contribution in [1.29, 1.82) is 0 Å². The van der Waals surface area contributed by atoms with Crippen LogP contribution >= 0.6 is 34.0 Å². The average molecular weight is 334 g/mol. The molecule has 4 rings (SSSR count). The molecule has 5 nitrogen and oxygen atoms in total. The molecule has 0 spiro atoms. The minimum absolute atomic E-state index is 0.377. The summed E-state index contributed by atoms with van der Waals surface area (Å²) in [6, 6.07) is 4.08. The minimum Gasteiger partial charge on any atom is -0.429 e. The molecule has 0 amide bonds. The standard InChI is InChI=1S/C13H10N4OS3/c1-6-15-11-9(20-6)4-8(7-2-3-19-12(7)11)18-13-17-16-10(5-14)21-13/h2-4H,5,14H2,1H3. The largest absolute Gasteiger partial charge is 0.429 e. The Morgan fingerprint density at radius 1 is 1.29 bits per heavy atom. The van der Waals surface area contributed by atoms with Gasteiger partial charge in [-0.15, -0.1) is 27.8 Å². The fourth-order valence-corrected chi connectivity index (χ4v) is 4.54. The number of fused-ring (bicyclic) bond motifs is 3. The van der Waals surface area contributed by atoms with Crippen molar-refractivity contribution in [3.05, 3.63) is 27.5 Å². The van der Waals surface area contributed by atoms with Crippen molar-refractivity contribution in [3.63, 3.8) is 0 Å². The van der Waals surface area contributed by atoms with Gasteiger partial charge in [0.15, 0.2) is 0 Å². The predicted octanol–water partition coefficient (Wildman–Crippen LogP) is 3.92. The molecule has 106 valence electrons. The highest BCUT2D eigenvalue weighted by Gasteiger charge is 2.14. The Hall–Kier alpha value is -1.61. The van der Waals surface area contributed by atoms with Gasteiger partial charge in [0.1, 0.15) is 10.8 Å². The zero-order valence-electron chi connectivity index (χ0n) is 11.0. The monoisotopic (exact) mass is 334 g/mol. The van der Waals surface area contributed by atoms with Crippen LogP contribution in [0.5, 0.6) is 10.9 Å². The maximum Gasteiger partial charge on any atom is 0.299 e. The van der Waals surface area contributed by atoms with Crippen molar-refractivity contribution in [2.75, 3.05) is 0 Å². The van der Waals surface area contributed by atoms with Crippen molar-refractivity contribution in [2.24, 2.45) is 5.73 Å². The third-order valence-corrected chi connectivity index (χ3v) is 5.65. The number of nitrogens with zero attached hydrogens (tertiary/aromatic N) is 3. The summed E-state index contributed by atoms with van der Waals surface area (Å²) in [5.41, 5.74) is 6.61. The van der Waals surface area contributed by atoms with Crippen LogP contribution in [-0.4, -0.2) is 15.2 Å².